The summed E-state index contributed by atoms with van der Waals surface area (Å²) in [6.07, 6.45) is 0.118. The van der Waals surface area contributed by atoms with E-state index in [0.717, 1.165) is 6.61 Å². The summed E-state index contributed by atoms with van der Waals surface area (Å²) in [5.41, 5.74) is 6.43. The van der Waals surface area contributed by atoms with E-state index in [1.165, 1.54) is 0 Å². The van der Waals surface area contributed by atoms with Gasteiger partial charge in [-0.15, -0.1) is 0 Å². The molecule has 14 heavy (non-hydrogen) atoms. The molecule has 0 aromatic carbocycles. The number of hydrogen-bond donors (Lipinski definition) is 1. The maximum absolute atomic E-state index is 6.24. The zero-order chi connectivity index (χ0) is 11.6. The zero-order valence-electron chi connectivity index (χ0n) is 10.8. The molecule has 0 heterocycles. The van der Waals surface area contributed by atoms with Crippen LogP contribution in [0.25, 0.3) is 0 Å². The van der Waals surface area contributed by atoms with Gasteiger partial charge in [-0.25, -0.2) is 0 Å². The summed E-state index contributed by atoms with van der Waals surface area (Å²) in [5, 5.41) is 0. The lowest BCUT2D eigenvalue weighted by Crippen LogP contribution is -2.52. The first kappa shape index (κ1) is 13.9. The van der Waals surface area contributed by atoms with E-state index >= 15 is 0 Å². The van der Waals surface area contributed by atoms with Crippen LogP contribution < -0.4 is 5.73 Å². The Labute approximate surface area is 89.2 Å². The third-order valence-corrected chi connectivity index (χ3v) is 2.53. The van der Waals surface area contributed by atoms with Gasteiger partial charge in [0.15, 0.2) is 0 Å². The molecule has 0 saturated carbocycles. The molecule has 0 bridgehead atoms. The molecule has 0 fully saturated rings. The monoisotopic (exact) mass is 201 g/mol. The van der Waals surface area contributed by atoms with E-state index in [1.54, 1.807) is 0 Å². The van der Waals surface area contributed by atoms with Gasteiger partial charge in [0.05, 0.1) is 6.10 Å². The fraction of sp³-hybridized carbons (Fsp3) is 1.00. The molecular formula is C12H27NO. The number of ether oxygens (including phenoxy) is 1. The standard InChI is InChI=1S/C12H27NO/c1-8-14-10(12(5,6)7)9(13)11(2,3)4/h9-10H,8,13H2,1-7H3. The molecule has 86 valence electrons. The lowest BCUT2D eigenvalue weighted by Gasteiger charge is -2.41. The van der Waals surface area contributed by atoms with E-state index in [9.17, 15) is 0 Å². The van der Waals surface area contributed by atoms with Crippen LogP contribution in [0.2, 0.25) is 0 Å². The highest BCUT2D eigenvalue weighted by Crippen LogP contribution is 2.31. The van der Waals surface area contributed by atoms with E-state index in [1.807, 2.05) is 6.92 Å². The molecule has 0 radical (unpaired) electrons. The Morgan fingerprint density at radius 3 is 1.64 bits per heavy atom. The second kappa shape index (κ2) is 4.63. The molecule has 0 aromatic rings. The number of rotatable bonds is 3. The van der Waals surface area contributed by atoms with E-state index in [0.29, 0.717) is 0 Å². The highest BCUT2D eigenvalue weighted by atomic mass is 16.5. The van der Waals surface area contributed by atoms with Gasteiger partial charge in [0.2, 0.25) is 0 Å². The lowest BCUT2D eigenvalue weighted by molar-refractivity contribution is -0.0496. The van der Waals surface area contributed by atoms with Gasteiger partial charge in [0.25, 0.3) is 0 Å². The third kappa shape index (κ3) is 3.97. The minimum absolute atomic E-state index is 0.0717. The molecule has 0 amide bonds. The van der Waals surface area contributed by atoms with Crippen LogP contribution in [0.4, 0.5) is 0 Å². The fourth-order valence-electron chi connectivity index (χ4n) is 1.53. The Hall–Kier alpha value is -0.0800. The van der Waals surface area contributed by atoms with Crippen molar-refractivity contribution in [1.82, 2.24) is 0 Å². The minimum Gasteiger partial charge on any atom is -0.376 e. The highest BCUT2D eigenvalue weighted by molar-refractivity contribution is 4.91. The van der Waals surface area contributed by atoms with Gasteiger partial charge in [0, 0.05) is 12.6 Å². The van der Waals surface area contributed by atoms with Crippen LogP contribution in [-0.2, 0) is 4.74 Å². The minimum atomic E-state index is 0.0717. The molecule has 2 nitrogen and oxygen atoms in total. The molecular weight excluding hydrogens is 174 g/mol. The van der Waals surface area contributed by atoms with Crippen LogP contribution in [0.15, 0.2) is 0 Å². The molecule has 2 unspecified atom stereocenters. The van der Waals surface area contributed by atoms with Crippen LogP contribution >= 0.6 is 0 Å². The highest BCUT2D eigenvalue weighted by Gasteiger charge is 2.36. The van der Waals surface area contributed by atoms with Crippen molar-refractivity contribution < 1.29 is 4.74 Å². The smallest absolute Gasteiger partial charge is 0.0778 e. The van der Waals surface area contributed by atoms with Crippen molar-refractivity contribution in [3.8, 4) is 0 Å². The van der Waals surface area contributed by atoms with E-state index in [-0.39, 0.29) is 23.0 Å². The quantitative estimate of drug-likeness (QED) is 0.762. The molecule has 0 saturated heterocycles. The molecule has 2 N–H and O–H groups in total. The second-order valence-electron chi connectivity index (χ2n) is 6.13. The topological polar surface area (TPSA) is 35.2 Å². The van der Waals surface area contributed by atoms with Gasteiger partial charge in [0.1, 0.15) is 0 Å². The Morgan fingerprint density at radius 2 is 1.43 bits per heavy atom. The SMILES string of the molecule is CCOC(C(N)C(C)(C)C)C(C)(C)C. The van der Waals surface area contributed by atoms with Crippen molar-refractivity contribution in [3.63, 3.8) is 0 Å². The Bertz CT molecular complexity index is 164. The summed E-state index contributed by atoms with van der Waals surface area (Å²) in [6.45, 7) is 15.8. The van der Waals surface area contributed by atoms with Crippen LogP contribution in [0.3, 0.4) is 0 Å². The average molecular weight is 201 g/mol. The van der Waals surface area contributed by atoms with Gasteiger partial charge in [-0.1, -0.05) is 41.5 Å². The first-order valence-corrected chi connectivity index (χ1v) is 5.48. The molecule has 0 aromatic heterocycles. The Morgan fingerprint density at radius 1 is 1.00 bits per heavy atom. The number of nitrogens with two attached hydrogens (primary N) is 1. The van der Waals surface area contributed by atoms with Crippen molar-refractivity contribution in [2.24, 2.45) is 16.6 Å². The summed E-state index contributed by atoms with van der Waals surface area (Å²) in [7, 11) is 0. The van der Waals surface area contributed by atoms with E-state index in [4.69, 9.17) is 10.5 Å². The van der Waals surface area contributed by atoms with Crippen LogP contribution in [0.5, 0.6) is 0 Å². The van der Waals surface area contributed by atoms with Gasteiger partial charge < -0.3 is 10.5 Å². The van der Waals surface area contributed by atoms with Crippen molar-refractivity contribution in [3.05, 3.63) is 0 Å². The lowest BCUT2D eigenvalue weighted by atomic mass is 9.75. The second-order valence-corrected chi connectivity index (χ2v) is 6.13. The van der Waals surface area contributed by atoms with Gasteiger partial charge in [-0.2, -0.15) is 0 Å². The summed E-state index contributed by atoms with van der Waals surface area (Å²) in [5.74, 6) is 0. The predicted octanol–water partition coefficient (Wildman–Crippen LogP) is 2.81. The van der Waals surface area contributed by atoms with E-state index in [2.05, 4.69) is 41.5 Å². The molecule has 2 atom stereocenters. The van der Waals surface area contributed by atoms with Crippen molar-refractivity contribution in [2.45, 2.75) is 60.6 Å². The summed E-state index contributed by atoms with van der Waals surface area (Å²) >= 11 is 0. The summed E-state index contributed by atoms with van der Waals surface area (Å²) in [6, 6.07) is 0.0717. The first-order valence-electron chi connectivity index (χ1n) is 5.48. The zero-order valence-corrected chi connectivity index (χ0v) is 10.8. The predicted molar refractivity (Wildman–Crippen MR) is 62.3 cm³/mol. The van der Waals surface area contributed by atoms with Gasteiger partial charge >= 0.3 is 0 Å². The first-order chi connectivity index (χ1) is 6.10. The third-order valence-electron chi connectivity index (χ3n) is 2.53. The molecule has 0 aliphatic rings. The molecule has 0 aliphatic heterocycles. The maximum atomic E-state index is 6.24. The van der Waals surface area contributed by atoms with Crippen LogP contribution in [0, 0.1) is 10.8 Å². The van der Waals surface area contributed by atoms with Crippen LogP contribution in [-0.4, -0.2) is 18.8 Å². The molecule has 2 heteroatoms. The van der Waals surface area contributed by atoms with Crippen molar-refractivity contribution in [2.75, 3.05) is 6.61 Å². The molecule has 0 spiro atoms. The largest absolute Gasteiger partial charge is 0.376 e. The van der Waals surface area contributed by atoms with Crippen molar-refractivity contribution in [1.29, 1.82) is 0 Å². The van der Waals surface area contributed by atoms with Crippen LogP contribution in [0.1, 0.15) is 48.5 Å². The molecule has 0 rings (SSSR count). The fourth-order valence-corrected chi connectivity index (χ4v) is 1.53. The van der Waals surface area contributed by atoms with E-state index < -0.39 is 0 Å². The molecule has 0 aliphatic carbocycles. The number of hydrogen-bond acceptors (Lipinski definition) is 2. The Balaban J connectivity index is 4.67. The van der Waals surface area contributed by atoms with Crippen molar-refractivity contribution >= 4 is 0 Å². The summed E-state index contributed by atoms with van der Waals surface area (Å²) in [4.78, 5) is 0. The normalized spacial score (nSPS) is 18.0. The Kier molecular flexibility index (Phi) is 4.60. The summed E-state index contributed by atoms with van der Waals surface area (Å²) < 4.78 is 5.77. The average Bonchev–Trinajstić information content (AvgIpc) is 1.94. The van der Waals surface area contributed by atoms with Gasteiger partial charge in [-0.3, -0.25) is 0 Å². The maximum Gasteiger partial charge on any atom is 0.0778 e. The van der Waals surface area contributed by atoms with Gasteiger partial charge in [-0.05, 0) is 17.8 Å².